The van der Waals surface area contributed by atoms with E-state index in [1.54, 1.807) is 24.3 Å². The van der Waals surface area contributed by atoms with Gasteiger partial charge in [0.1, 0.15) is 11.3 Å². The first-order valence-electron chi connectivity index (χ1n) is 8.41. The van der Waals surface area contributed by atoms with Crippen molar-refractivity contribution in [3.63, 3.8) is 0 Å². The second-order valence-corrected chi connectivity index (χ2v) is 6.55. The molecule has 8 nitrogen and oxygen atoms in total. The van der Waals surface area contributed by atoms with Crippen molar-refractivity contribution in [3.8, 4) is 0 Å². The maximum Gasteiger partial charge on any atom is 0.316 e. The van der Waals surface area contributed by atoms with E-state index in [4.69, 9.17) is 4.74 Å². The summed E-state index contributed by atoms with van der Waals surface area (Å²) in [5.41, 5.74) is 8.18. The Morgan fingerprint density at radius 2 is 2.19 bits per heavy atom. The number of hydrogen-bond acceptors (Lipinski definition) is 6. The first kappa shape index (κ1) is 20.5. The van der Waals surface area contributed by atoms with Crippen LogP contribution >= 0.6 is 11.8 Å². The van der Waals surface area contributed by atoms with Crippen LogP contribution in [0.25, 0.3) is 5.65 Å². The van der Waals surface area contributed by atoms with Gasteiger partial charge in [0.25, 0.3) is 5.91 Å². The van der Waals surface area contributed by atoms with Crippen LogP contribution < -0.4 is 10.9 Å². The van der Waals surface area contributed by atoms with Gasteiger partial charge in [-0.3, -0.25) is 29.8 Å². The number of amidine groups is 1. The van der Waals surface area contributed by atoms with Crippen molar-refractivity contribution < 1.29 is 14.3 Å². The molecule has 0 aliphatic rings. The molecule has 144 valence electrons. The van der Waals surface area contributed by atoms with E-state index in [-0.39, 0.29) is 17.6 Å². The SMILES string of the molecule is C=CCN=C(NNC(=O)c1c(C)nc2cc(C)ccn12)SCC(=O)OCC. The summed E-state index contributed by atoms with van der Waals surface area (Å²) in [6.07, 6.45) is 3.42. The third kappa shape index (κ3) is 5.58. The lowest BCUT2D eigenvalue weighted by Crippen LogP contribution is -2.41. The number of fused-ring (bicyclic) bond motifs is 1. The van der Waals surface area contributed by atoms with E-state index in [1.807, 2.05) is 25.3 Å². The van der Waals surface area contributed by atoms with Crippen LogP contribution in [0.1, 0.15) is 28.7 Å². The summed E-state index contributed by atoms with van der Waals surface area (Å²) in [6, 6.07) is 3.81. The highest BCUT2D eigenvalue weighted by atomic mass is 32.2. The zero-order valence-corrected chi connectivity index (χ0v) is 16.4. The van der Waals surface area contributed by atoms with Gasteiger partial charge in [0.15, 0.2) is 5.17 Å². The molecule has 2 aromatic heterocycles. The van der Waals surface area contributed by atoms with Crippen LogP contribution in [0.15, 0.2) is 36.0 Å². The predicted octanol–water partition coefficient (Wildman–Crippen LogP) is 2.02. The van der Waals surface area contributed by atoms with Crippen molar-refractivity contribution in [2.45, 2.75) is 20.8 Å². The minimum absolute atomic E-state index is 0.0839. The van der Waals surface area contributed by atoms with Gasteiger partial charge in [0.2, 0.25) is 0 Å². The molecular weight excluding hydrogens is 366 g/mol. The summed E-state index contributed by atoms with van der Waals surface area (Å²) in [7, 11) is 0. The molecule has 0 aliphatic carbocycles. The number of aryl methyl sites for hydroxylation is 2. The van der Waals surface area contributed by atoms with Crippen LogP contribution in [-0.4, -0.2) is 45.3 Å². The summed E-state index contributed by atoms with van der Waals surface area (Å²) >= 11 is 1.14. The molecule has 0 aliphatic heterocycles. The second kappa shape index (κ2) is 9.77. The summed E-state index contributed by atoms with van der Waals surface area (Å²) in [6.45, 7) is 9.76. The molecule has 0 atom stereocenters. The van der Waals surface area contributed by atoms with E-state index < -0.39 is 0 Å². The van der Waals surface area contributed by atoms with Crippen LogP contribution in [0.5, 0.6) is 0 Å². The number of amides is 1. The third-order valence-electron chi connectivity index (χ3n) is 3.45. The van der Waals surface area contributed by atoms with E-state index in [1.165, 1.54) is 0 Å². The first-order valence-corrected chi connectivity index (χ1v) is 9.40. The number of imidazole rings is 1. The Balaban J connectivity index is 2.08. The lowest BCUT2D eigenvalue weighted by Gasteiger charge is -2.11. The fourth-order valence-corrected chi connectivity index (χ4v) is 2.93. The lowest BCUT2D eigenvalue weighted by atomic mass is 10.3. The highest BCUT2D eigenvalue weighted by Crippen LogP contribution is 2.13. The number of aromatic nitrogens is 2. The Hall–Kier alpha value is -2.81. The Labute approximate surface area is 162 Å². The minimum Gasteiger partial charge on any atom is -0.465 e. The van der Waals surface area contributed by atoms with E-state index >= 15 is 0 Å². The summed E-state index contributed by atoms with van der Waals surface area (Å²) in [5, 5.41) is 0.388. The Morgan fingerprint density at radius 1 is 1.41 bits per heavy atom. The standard InChI is InChI=1S/C18H23N5O3S/c1-5-8-19-18(27-11-15(24)26-6-2)22-21-17(25)16-13(4)20-14-10-12(3)7-9-23(14)16/h5,7,9-10H,1,6,8,11H2,2-4H3,(H,19,22)(H,21,25). The Bertz CT molecular complexity index is 875. The molecule has 0 fully saturated rings. The fraction of sp³-hybridized carbons (Fsp3) is 0.333. The average molecular weight is 389 g/mol. The normalized spacial score (nSPS) is 11.3. The van der Waals surface area contributed by atoms with Crippen LogP contribution in [0.4, 0.5) is 0 Å². The number of carbonyl (C=O) groups is 2. The zero-order valence-electron chi connectivity index (χ0n) is 15.6. The molecule has 9 heteroatoms. The molecule has 0 spiro atoms. The third-order valence-corrected chi connectivity index (χ3v) is 4.33. The van der Waals surface area contributed by atoms with Crippen molar-refractivity contribution in [1.29, 1.82) is 0 Å². The zero-order chi connectivity index (χ0) is 19.8. The average Bonchev–Trinajstić information content (AvgIpc) is 2.95. The molecular formula is C18H23N5O3S. The van der Waals surface area contributed by atoms with Gasteiger partial charge < -0.3 is 4.74 Å². The molecule has 0 saturated carbocycles. The van der Waals surface area contributed by atoms with Crippen LogP contribution in [0, 0.1) is 13.8 Å². The topological polar surface area (TPSA) is 97.1 Å². The van der Waals surface area contributed by atoms with E-state index in [9.17, 15) is 9.59 Å². The first-order chi connectivity index (χ1) is 13.0. The number of ether oxygens (including phenoxy) is 1. The van der Waals surface area contributed by atoms with Gasteiger partial charge in [-0.2, -0.15) is 0 Å². The monoisotopic (exact) mass is 389 g/mol. The van der Waals surface area contributed by atoms with Gasteiger partial charge >= 0.3 is 5.97 Å². The molecule has 2 N–H and O–H groups in total. The predicted molar refractivity (Wildman–Crippen MR) is 107 cm³/mol. The maximum absolute atomic E-state index is 12.6. The fourth-order valence-electron chi connectivity index (χ4n) is 2.31. The van der Waals surface area contributed by atoms with Crippen LogP contribution in [0.3, 0.4) is 0 Å². The number of aliphatic imine (C=N–C) groups is 1. The van der Waals surface area contributed by atoms with Crippen molar-refractivity contribution in [1.82, 2.24) is 20.2 Å². The molecule has 2 rings (SSSR count). The van der Waals surface area contributed by atoms with Gasteiger partial charge in [-0.05, 0) is 38.5 Å². The molecule has 0 aromatic carbocycles. The number of hydrazine groups is 1. The number of rotatable bonds is 6. The molecule has 2 heterocycles. The van der Waals surface area contributed by atoms with Crippen molar-refractivity contribution in [3.05, 3.63) is 47.9 Å². The molecule has 2 aromatic rings. The molecule has 0 unspecified atom stereocenters. The van der Waals surface area contributed by atoms with Gasteiger partial charge in [0.05, 0.1) is 24.6 Å². The van der Waals surface area contributed by atoms with Gasteiger partial charge in [-0.25, -0.2) is 4.98 Å². The smallest absolute Gasteiger partial charge is 0.316 e. The van der Waals surface area contributed by atoms with Crippen molar-refractivity contribution >= 4 is 34.5 Å². The molecule has 0 saturated heterocycles. The number of hydrogen-bond donors (Lipinski definition) is 2. The molecule has 0 radical (unpaired) electrons. The van der Waals surface area contributed by atoms with E-state index in [0.717, 1.165) is 17.3 Å². The maximum atomic E-state index is 12.6. The summed E-state index contributed by atoms with van der Waals surface area (Å²) < 4.78 is 6.62. The van der Waals surface area contributed by atoms with Gasteiger partial charge in [0, 0.05) is 6.20 Å². The number of nitrogens with one attached hydrogen (secondary N) is 2. The van der Waals surface area contributed by atoms with Gasteiger partial charge in [-0.15, -0.1) is 6.58 Å². The molecule has 27 heavy (non-hydrogen) atoms. The lowest BCUT2D eigenvalue weighted by molar-refractivity contribution is -0.139. The van der Waals surface area contributed by atoms with E-state index in [0.29, 0.717) is 35.4 Å². The highest BCUT2D eigenvalue weighted by molar-refractivity contribution is 8.14. The second-order valence-electron chi connectivity index (χ2n) is 5.59. The number of thioether (sulfide) groups is 1. The Morgan fingerprint density at radius 3 is 2.89 bits per heavy atom. The van der Waals surface area contributed by atoms with Crippen molar-refractivity contribution in [2.24, 2.45) is 4.99 Å². The number of pyridine rings is 1. The van der Waals surface area contributed by atoms with Gasteiger partial charge in [-0.1, -0.05) is 17.8 Å². The van der Waals surface area contributed by atoms with E-state index in [2.05, 4.69) is 27.4 Å². The minimum atomic E-state index is -0.355. The Kier molecular flexibility index (Phi) is 7.42. The van der Waals surface area contributed by atoms with Crippen molar-refractivity contribution in [2.75, 3.05) is 18.9 Å². The number of esters is 1. The van der Waals surface area contributed by atoms with Crippen LogP contribution in [0.2, 0.25) is 0 Å². The quantitative estimate of drug-likeness (QED) is 0.258. The molecule has 0 bridgehead atoms. The summed E-state index contributed by atoms with van der Waals surface area (Å²) in [4.78, 5) is 32.8. The number of nitrogens with zero attached hydrogens (tertiary/aromatic N) is 3. The summed E-state index contributed by atoms with van der Waals surface area (Å²) in [5.74, 6) is -0.623. The number of carbonyl (C=O) groups excluding carboxylic acids is 2. The van der Waals surface area contributed by atoms with Crippen LogP contribution in [-0.2, 0) is 9.53 Å². The molecule has 1 amide bonds. The largest absolute Gasteiger partial charge is 0.465 e. The highest BCUT2D eigenvalue weighted by Gasteiger charge is 2.17.